The van der Waals surface area contributed by atoms with Crippen LogP contribution < -0.4 is 0 Å². The highest BCUT2D eigenvalue weighted by Crippen LogP contribution is 2.31. The van der Waals surface area contributed by atoms with Gasteiger partial charge in [0.1, 0.15) is 5.02 Å². The SMILES string of the molecule is CC1(C#N)CCN(C(=O)c2ccc([N+](=O)[O-])c(Cl)c2)CC1. The number of nitrogens with zero attached hydrogens (tertiary/aromatic N) is 3. The third kappa shape index (κ3) is 3.14. The number of amides is 1. The molecule has 1 aromatic rings. The number of carbonyl (C=O) groups excluding carboxylic acids is 1. The van der Waals surface area contributed by atoms with Crippen LogP contribution in [-0.4, -0.2) is 28.8 Å². The van der Waals surface area contributed by atoms with E-state index < -0.39 is 4.92 Å². The Labute approximate surface area is 127 Å². The normalized spacial score (nSPS) is 17.1. The van der Waals surface area contributed by atoms with Gasteiger partial charge in [-0.1, -0.05) is 11.6 Å². The molecule has 0 aromatic heterocycles. The summed E-state index contributed by atoms with van der Waals surface area (Å²) in [6, 6.07) is 6.24. The van der Waals surface area contributed by atoms with E-state index in [2.05, 4.69) is 6.07 Å². The molecule has 1 aliphatic rings. The lowest BCUT2D eigenvalue weighted by Crippen LogP contribution is -2.41. The van der Waals surface area contributed by atoms with Crippen molar-refractivity contribution in [3.8, 4) is 6.07 Å². The molecule has 1 saturated heterocycles. The van der Waals surface area contributed by atoms with Crippen LogP contribution in [0.1, 0.15) is 30.1 Å². The van der Waals surface area contributed by atoms with Gasteiger partial charge in [-0.15, -0.1) is 0 Å². The van der Waals surface area contributed by atoms with Crippen LogP contribution in [0, 0.1) is 26.9 Å². The minimum absolute atomic E-state index is 0.0512. The molecule has 6 nitrogen and oxygen atoms in total. The molecule has 0 atom stereocenters. The molecular formula is C14H14ClN3O3. The zero-order chi connectivity index (χ0) is 15.6. The summed E-state index contributed by atoms with van der Waals surface area (Å²) < 4.78 is 0. The average Bonchev–Trinajstić information content (AvgIpc) is 2.47. The monoisotopic (exact) mass is 307 g/mol. The van der Waals surface area contributed by atoms with Gasteiger partial charge in [-0.3, -0.25) is 14.9 Å². The molecule has 0 unspecified atom stereocenters. The van der Waals surface area contributed by atoms with E-state index in [0.717, 1.165) is 0 Å². The minimum atomic E-state index is -0.587. The van der Waals surface area contributed by atoms with Gasteiger partial charge in [-0.2, -0.15) is 5.26 Å². The quantitative estimate of drug-likeness (QED) is 0.620. The highest BCUT2D eigenvalue weighted by atomic mass is 35.5. The van der Waals surface area contributed by atoms with Crippen LogP contribution in [0.2, 0.25) is 5.02 Å². The number of piperidine rings is 1. The number of hydrogen-bond acceptors (Lipinski definition) is 4. The largest absolute Gasteiger partial charge is 0.339 e. The Hall–Kier alpha value is -2.13. The summed E-state index contributed by atoms with van der Waals surface area (Å²) in [6.45, 7) is 2.88. The van der Waals surface area contributed by atoms with Crippen LogP contribution >= 0.6 is 11.6 Å². The summed E-state index contributed by atoms with van der Waals surface area (Å²) in [4.78, 5) is 24.1. The molecule has 1 heterocycles. The Morgan fingerprint density at radius 1 is 1.48 bits per heavy atom. The Morgan fingerprint density at radius 2 is 2.10 bits per heavy atom. The number of likely N-dealkylation sites (tertiary alicyclic amines) is 1. The van der Waals surface area contributed by atoms with Crippen LogP contribution in [0.25, 0.3) is 0 Å². The van der Waals surface area contributed by atoms with E-state index in [0.29, 0.717) is 31.5 Å². The van der Waals surface area contributed by atoms with E-state index in [1.165, 1.54) is 18.2 Å². The summed E-state index contributed by atoms with van der Waals surface area (Å²) in [5.74, 6) is -0.216. The van der Waals surface area contributed by atoms with Crippen LogP contribution in [-0.2, 0) is 0 Å². The summed E-state index contributed by atoms with van der Waals surface area (Å²) in [5.41, 5.74) is -0.278. The van der Waals surface area contributed by atoms with Crippen LogP contribution in [0.15, 0.2) is 18.2 Å². The molecule has 110 valence electrons. The first-order valence-electron chi connectivity index (χ1n) is 6.51. The fraction of sp³-hybridized carbons (Fsp3) is 0.429. The van der Waals surface area contributed by atoms with E-state index in [1.807, 2.05) is 6.92 Å². The summed E-state index contributed by atoms with van der Waals surface area (Å²) >= 11 is 5.82. The first kappa shape index (κ1) is 15.3. The van der Waals surface area contributed by atoms with Crippen molar-refractivity contribution in [3.05, 3.63) is 38.9 Å². The van der Waals surface area contributed by atoms with Crippen molar-refractivity contribution in [1.82, 2.24) is 4.90 Å². The van der Waals surface area contributed by atoms with Crippen molar-refractivity contribution in [2.24, 2.45) is 5.41 Å². The van der Waals surface area contributed by atoms with Crippen LogP contribution in [0.3, 0.4) is 0 Å². The van der Waals surface area contributed by atoms with Gasteiger partial charge in [0.2, 0.25) is 0 Å². The van der Waals surface area contributed by atoms with Gasteiger partial charge in [0, 0.05) is 24.7 Å². The van der Waals surface area contributed by atoms with Gasteiger partial charge in [0.15, 0.2) is 0 Å². The second-order valence-electron chi connectivity index (χ2n) is 5.39. The van der Waals surface area contributed by atoms with Crippen LogP contribution in [0.5, 0.6) is 0 Å². The van der Waals surface area contributed by atoms with Crippen molar-refractivity contribution in [1.29, 1.82) is 5.26 Å². The van der Waals surface area contributed by atoms with Gasteiger partial charge in [-0.05, 0) is 31.9 Å². The fourth-order valence-corrected chi connectivity index (χ4v) is 2.54. The van der Waals surface area contributed by atoms with E-state index in [9.17, 15) is 14.9 Å². The standard InChI is InChI=1S/C14H14ClN3O3/c1-14(9-16)4-6-17(7-5-14)13(19)10-2-3-12(18(20)21)11(15)8-10/h2-3,8H,4-7H2,1H3. The number of halogens is 1. The number of carbonyl (C=O) groups is 1. The molecular weight excluding hydrogens is 294 g/mol. The molecule has 1 aromatic carbocycles. The Balaban J connectivity index is 2.13. The predicted octanol–water partition coefficient (Wildman–Crippen LogP) is 3.01. The zero-order valence-electron chi connectivity index (χ0n) is 11.5. The van der Waals surface area contributed by atoms with Gasteiger partial charge in [-0.25, -0.2) is 0 Å². The highest BCUT2D eigenvalue weighted by Gasteiger charge is 2.32. The molecule has 0 radical (unpaired) electrons. The highest BCUT2D eigenvalue weighted by molar-refractivity contribution is 6.33. The maximum Gasteiger partial charge on any atom is 0.287 e. The number of nitriles is 1. The molecule has 7 heteroatoms. The topological polar surface area (TPSA) is 87.2 Å². The van der Waals surface area contributed by atoms with Crippen molar-refractivity contribution >= 4 is 23.2 Å². The second kappa shape index (κ2) is 5.70. The summed E-state index contributed by atoms with van der Waals surface area (Å²) in [5, 5.41) is 19.7. The third-order valence-corrected chi connectivity index (χ3v) is 4.12. The fourth-order valence-electron chi connectivity index (χ4n) is 2.29. The summed E-state index contributed by atoms with van der Waals surface area (Å²) in [6.07, 6.45) is 1.24. The maximum atomic E-state index is 12.3. The van der Waals surface area contributed by atoms with Crippen molar-refractivity contribution in [2.45, 2.75) is 19.8 Å². The number of rotatable bonds is 2. The Bertz CT molecular complexity index is 631. The molecule has 2 rings (SSSR count). The van der Waals surface area contributed by atoms with E-state index in [1.54, 1.807) is 4.90 Å². The third-order valence-electron chi connectivity index (χ3n) is 3.82. The first-order valence-corrected chi connectivity index (χ1v) is 6.88. The Morgan fingerprint density at radius 3 is 2.57 bits per heavy atom. The lowest BCUT2D eigenvalue weighted by molar-refractivity contribution is -0.384. The van der Waals surface area contributed by atoms with Gasteiger partial charge < -0.3 is 4.90 Å². The van der Waals surface area contributed by atoms with Crippen molar-refractivity contribution in [3.63, 3.8) is 0 Å². The van der Waals surface area contributed by atoms with Gasteiger partial charge >= 0.3 is 0 Å². The summed E-state index contributed by atoms with van der Waals surface area (Å²) in [7, 11) is 0. The maximum absolute atomic E-state index is 12.3. The molecule has 0 aliphatic carbocycles. The molecule has 1 amide bonds. The molecule has 0 saturated carbocycles. The second-order valence-corrected chi connectivity index (χ2v) is 5.80. The zero-order valence-corrected chi connectivity index (χ0v) is 12.3. The van der Waals surface area contributed by atoms with E-state index in [4.69, 9.17) is 16.9 Å². The molecule has 21 heavy (non-hydrogen) atoms. The lowest BCUT2D eigenvalue weighted by Gasteiger charge is -2.35. The van der Waals surface area contributed by atoms with Crippen LogP contribution in [0.4, 0.5) is 5.69 Å². The Kier molecular flexibility index (Phi) is 4.14. The molecule has 0 spiro atoms. The minimum Gasteiger partial charge on any atom is -0.339 e. The molecule has 0 N–H and O–H groups in total. The van der Waals surface area contributed by atoms with Gasteiger partial charge in [0.25, 0.3) is 11.6 Å². The smallest absolute Gasteiger partial charge is 0.287 e. The van der Waals surface area contributed by atoms with Gasteiger partial charge in [0.05, 0.1) is 16.4 Å². The number of benzene rings is 1. The molecule has 0 bridgehead atoms. The predicted molar refractivity (Wildman–Crippen MR) is 77.0 cm³/mol. The lowest BCUT2D eigenvalue weighted by atomic mass is 9.82. The first-order chi connectivity index (χ1) is 9.86. The molecule has 1 fully saturated rings. The van der Waals surface area contributed by atoms with E-state index in [-0.39, 0.29) is 22.0 Å². The number of hydrogen-bond donors (Lipinski definition) is 0. The number of nitro benzene ring substituents is 1. The molecule has 1 aliphatic heterocycles. The number of nitro groups is 1. The van der Waals surface area contributed by atoms with E-state index >= 15 is 0 Å². The van der Waals surface area contributed by atoms with Crippen molar-refractivity contribution < 1.29 is 9.72 Å². The van der Waals surface area contributed by atoms with Crippen molar-refractivity contribution in [2.75, 3.05) is 13.1 Å². The average molecular weight is 308 g/mol.